The van der Waals surface area contributed by atoms with E-state index < -0.39 is 12.0 Å². The Balaban J connectivity index is 2.72. The number of methoxy groups -OCH3 is 1. The summed E-state index contributed by atoms with van der Waals surface area (Å²) in [5.74, 6) is -0.123. The second kappa shape index (κ2) is 5.86. The Labute approximate surface area is 103 Å². The van der Waals surface area contributed by atoms with Gasteiger partial charge in [0, 0.05) is 16.6 Å². The highest BCUT2D eigenvalue weighted by molar-refractivity contribution is 9.10. The minimum Gasteiger partial charge on any atom is -0.496 e. The van der Waals surface area contributed by atoms with E-state index in [0.29, 0.717) is 6.54 Å². The zero-order valence-corrected chi connectivity index (χ0v) is 10.7. The molecule has 0 bridgehead atoms. The molecule has 0 unspecified atom stereocenters. The van der Waals surface area contributed by atoms with Gasteiger partial charge in [-0.3, -0.25) is 4.79 Å². The van der Waals surface area contributed by atoms with Gasteiger partial charge in [0.05, 0.1) is 7.11 Å². The first-order chi connectivity index (χ1) is 7.54. The molecule has 0 saturated carbocycles. The van der Waals surface area contributed by atoms with E-state index in [2.05, 4.69) is 21.2 Å². The molecule has 0 spiro atoms. The Morgan fingerprint density at radius 1 is 1.62 bits per heavy atom. The second-order valence-corrected chi connectivity index (χ2v) is 4.31. The zero-order valence-electron chi connectivity index (χ0n) is 9.16. The van der Waals surface area contributed by atoms with Crippen LogP contribution in [0.1, 0.15) is 12.5 Å². The molecule has 5 heteroatoms. The lowest BCUT2D eigenvalue weighted by Crippen LogP contribution is -2.33. The molecule has 0 aliphatic carbocycles. The van der Waals surface area contributed by atoms with Gasteiger partial charge in [0.2, 0.25) is 0 Å². The predicted octanol–water partition coefficient (Wildman–Crippen LogP) is 2.02. The Morgan fingerprint density at radius 3 is 2.88 bits per heavy atom. The van der Waals surface area contributed by atoms with Gasteiger partial charge in [-0.2, -0.15) is 0 Å². The third-order valence-electron chi connectivity index (χ3n) is 2.21. The molecule has 1 aromatic rings. The van der Waals surface area contributed by atoms with E-state index in [1.54, 1.807) is 14.0 Å². The molecule has 4 nitrogen and oxygen atoms in total. The molecule has 1 rings (SSSR count). The minimum absolute atomic E-state index is 0.454. The number of ether oxygens (including phenoxy) is 1. The Hall–Kier alpha value is -1.07. The number of rotatable bonds is 5. The molecule has 0 fully saturated rings. The van der Waals surface area contributed by atoms with Crippen molar-refractivity contribution in [1.29, 1.82) is 0 Å². The SMILES string of the molecule is COc1ccc(Br)cc1CN[C@H](C)C(=O)O. The van der Waals surface area contributed by atoms with Crippen LogP contribution in [0.25, 0.3) is 0 Å². The van der Waals surface area contributed by atoms with Crippen LogP contribution in [0.3, 0.4) is 0 Å². The van der Waals surface area contributed by atoms with Crippen LogP contribution in [0.2, 0.25) is 0 Å². The molecule has 0 aliphatic rings. The quantitative estimate of drug-likeness (QED) is 0.870. The van der Waals surface area contributed by atoms with E-state index in [0.717, 1.165) is 15.8 Å². The number of carbonyl (C=O) groups is 1. The summed E-state index contributed by atoms with van der Waals surface area (Å²) in [6.45, 7) is 2.06. The van der Waals surface area contributed by atoms with Gasteiger partial charge < -0.3 is 15.2 Å². The maximum atomic E-state index is 10.6. The van der Waals surface area contributed by atoms with Crippen molar-refractivity contribution < 1.29 is 14.6 Å². The molecular formula is C11H14BrNO3. The first-order valence-corrected chi connectivity index (χ1v) is 5.62. The Kier molecular flexibility index (Phi) is 4.76. The molecule has 0 aromatic heterocycles. The van der Waals surface area contributed by atoms with Crippen molar-refractivity contribution in [2.75, 3.05) is 7.11 Å². The highest BCUT2D eigenvalue weighted by Crippen LogP contribution is 2.22. The Morgan fingerprint density at radius 2 is 2.31 bits per heavy atom. The third-order valence-corrected chi connectivity index (χ3v) is 2.70. The van der Waals surface area contributed by atoms with Crippen LogP contribution in [0.15, 0.2) is 22.7 Å². The molecule has 88 valence electrons. The molecule has 0 heterocycles. The van der Waals surface area contributed by atoms with Crippen molar-refractivity contribution >= 4 is 21.9 Å². The lowest BCUT2D eigenvalue weighted by Gasteiger charge is -2.12. The van der Waals surface area contributed by atoms with Crippen LogP contribution in [0.5, 0.6) is 5.75 Å². The summed E-state index contributed by atoms with van der Waals surface area (Å²) < 4.78 is 6.12. The summed E-state index contributed by atoms with van der Waals surface area (Å²) in [6, 6.07) is 5.04. The summed E-state index contributed by atoms with van der Waals surface area (Å²) in [5, 5.41) is 11.6. The summed E-state index contributed by atoms with van der Waals surface area (Å²) in [7, 11) is 1.59. The van der Waals surface area contributed by atoms with E-state index >= 15 is 0 Å². The van der Waals surface area contributed by atoms with Crippen molar-refractivity contribution in [2.24, 2.45) is 0 Å². The van der Waals surface area contributed by atoms with E-state index in [1.807, 2.05) is 18.2 Å². The molecule has 1 atom stereocenters. The smallest absolute Gasteiger partial charge is 0.320 e. The molecule has 1 aromatic carbocycles. The van der Waals surface area contributed by atoms with Crippen LogP contribution >= 0.6 is 15.9 Å². The number of carboxylic acids is 1. The van der Waals surface area contributed by atoms with Crippen molar-refractivity contribution in [3.8, 4) is 5.75 Å². The number of hydrogen-bond donors (Lipinski definition) is 2. The summed E-state index contributed by atoms with van der Waals surface area (Å²) in [6.07, 6.45) is 0. The van der Waals surface area contributed by atoms with E-state index in [9.17, 15) is 4.79 Å². The number of carboxylic acid groups (broad SMARTS) is 1. The number of hydrogen-bond acceptors (Lipinski definition) is 3. The average Bonchev–Trinajstić information content (AvgIpc) is 2.25. The standard InChI is InChI=1S/C11H14BrNO3/c1-7(11(14)15)13-6-8-5-9(12)3-4-10(8)16-2/h3-5,7,13H,6H2,1-2H3,(H,14,15)/t7-/m1/s1. The lowest BCUT2D eigenvalue weighted by molar-refractivity contribution is -0.139. The van der Waals surface area contributed by atoms with Crippen molar-refractivity contribution in [1.82, 2.24) is 5.32 Å². The highest BCUT2D eigenvalue weighted by atomic mass is 79.9. The van der Waals surface area contributed by atoms with E-state index in [4.69, 9.17) is 9.84 Å². The van der Waals surface area contributed by atoms with Crippen molar-refractivity contribution in [3.63, 3.8) is 0 Å². The number of halogens is 1. The topological polar surface area (TPSA) is 58.6 Å². The van der Waals surface area contributed by atoms with Crippen molar-refractivity contribution in [3.05, 3.63) is 28.2 Å². The average molecular weight is 288 g/mol. The maximum Gasteiger partial charge on any atom is 0.320 e. The van der Waals surface area contributed by atoms with Gasteiger partial charge in [0.25, 0.3) is 0 Å². The predicted molar refractivity (Wildman–Crippen MR) is 64.6 cm³/mol. The van der Waals surface area contributed by atoms with Gasteiger partial charge in [0.1, 0.15) is 11.8 Å². The van der Waals surface area contributed by atoms with Gasteiger partial charge in [-0.15, -0.1) is 0 Å². The fourth-order valence-corrected chi connectivity index (χ4v) is 1.64. The van der Waals surface area contributed by atoms with Crippen LogP contribution in [0.4, 0.5) is 0 Å². The summed E-state index contributed by atoms with van der Waals surface area (Å²) >= 11 is 3.36. The van der Waals surface area contributed by atoms with E-state index in [-0.39, 0.29) is 0 Å². The van der Waals surface area contributed by atoms with Gasteiger partial charge in [0.15, 0.2) is 0 Å². The lowest BCUT2D eigenvalue weighted by atomic mass is 10.2. The van der Waals surface area contributed by atoms with Gasteiger partial charge >= 0.3 is 5.97 Å². The monoisotopic (exact) mass is 287 g/mol. The van der Waals surface area contributed by atoms with Gasteiger partial charge in [-0.1, -0.05) is 15.9 Å². The fourth-order valence-electron chi connectivity index (χ4n) is 1.24. The summed E-state index contributed by atoms with van der Waals surface area (Å²) in [4.78, 5) is 10.6. The number of nitrogens with one attached hydrogen (secondary N) is 1. The normalized spacial score (nSPS) is 12.2. The zero-order chi connectivity index (χ0) is 12.1. The largest absolute Gasteiger partial charge is 0.496 e. The first-order valence-electron chi connectivity index (χ1n) is 4.83. The van der Waals surface area contributed by atoms with Gasteiger partial charge in [-0.05, 0) is 25.1 Å². The van der Waals surface area contributed by atoms with Crippen LogP contribution in [0, 0.1) is 0 Å². The number of benzene rings is 1. The van der Waals surface area contributed by atoms with Crippen LogP contribution in [-0.2, 0) is 11.3 Å². The molecule has 2 N–H and O–H groups in total. The first kappa shape index (κ1) is 13.0. The van der Waals surface area contributed by atoms with Gasteiger partial charge in [-0.25, -0.2) is 0 Å². The second-order valence-electron chi connectivity index (χ2n) is 3.40. The molecule has 0 saturated heterocycles. The third kappa shape index (κ3) is 3.50. The fraction of sp³-hybridized carbons (Fsp3) is 0.364. The van der Waals surface area contributed by atoms with Crippen molar-refractivity contribution in [2.45, 2.75) is 19.5 Å². The van der Waals surface area contributed by atoms with Crippen LogP contribution in [-0.4, -0.2) is 24.2 Å². The molecule has 0 aliphatic heterocycles. The maximum absolute atomic E-state index is 10.6. The molecular weight excluding hydrogens is 274 g/mol. The van der Waals surface area contributed by atoms with E-state index in [1.165, 1.54) is 0 Å². The number of aliphatic carboxylic acids is 1. The molecule has 16 heavy (non-hydrogen) atoms. The minimum atomic E-state index is -0.867. The Bertz CT molecular complexity index is 381. The molecule has 0 amide bonds. The van der Waals surface area contributed by atoms with Crippen LogP contribution < -0.4 is 10.1 Å². The highest BCUT2D eigenvalue weighted by Gasteiger charge is 2.11. The summed E-state index contributed by atoms with van der Waals surface area (Å²) in [5.41, 5.74) is 0.921. The molecule has 0 radical (unpaired) electrons.